The molecule has 4 heteroatoms. The lowest BCUT2D eigenvalue weighted by molar-refractivity contribution is -0.376. The fourth-order valence-electron chi connectivity index (χ4n) is 4.65. The molecule has 2 saturated heterocycles. The van der Waals surface area contributed by atoms with Gasteiger partial charge in [-0.2, -0.15) is 0 Å². The Morgan fingerprint density at radius 2 is 1.83 bits per heavy atom. The molecule has 1 spiro atoms. The predicted octanol–water partition coefficient (Wildman–Crippen LogP) is 5.44. The Bertz CT molecular complexity index is 544. The molecule has 0 amide bonds. The SMILES string of the molecule is C=CC[C@]1(C)OC(C)(C)O[C@@H](C)[C@]12O[Si](C)(C)C/C2=C\C(C)(C)C. The fraction of sp³-hybridized carbons (Fsp3) is 0.800. The van der Waals surface area contributed by atoms with Crippen LogP contribution in [0.5, 0.6) is 0 Å². The third-order valence-electron chi connectivity index (χ3n) is 4.96. The first-order valence-electron chi connectivity index (χ1n) is 9.08. The summed E-state index contributed by atoms with van der Waals surface area (Å²) in [6, 6.07) is 1.02. The smallest absolute Gasteiger partial charge is 0.192 e. The van der Waals surface area contributed by atoms with Crippen molar-refractivity contribution in [1.82, 2.24) is 0 Å². The maximum atomic E-state index is 6.88. The molecule has 0 saturated carbocycles. The first-order valence-corrected chi connectivity index (χ1v) is 12.2. The molecule has 0 aromatic carbocycles. The van der Waals surface area contributed by atoms with Crippen molar-refractivity contribution in [3.05, 3.63) is 24.3 Å². The predicted molar refractivity (Wildman–Crippen MR) is 103 cm³/mol. The van der Waals surface area contributed by atoms with E-state index in [-0.39, 0.29) is 11.5 Å². The standard InChI is InChI=1S/C20H36O3Si/c1-11-12-19(8)20(15(2)21-18(6,7)22-19)16(13-17(3,4)5)14-24(9,10)23-20/h11,13,15H,1,12,14H2,2-10H3/b16-13+/t15-,19-,20+/m0/s1. The molecular weight excluding hydrogens is 316 g/mol. The average molecular weight is 353 g/mol. The van der Waals surface area contributed by atoms with Crippen molar-refractivity contribution in [3.8, 4) is 0 Å². The zero-order valence-corrected chi connectivity index (χ0v) is 18.1. The van der Waals surface area contributed by atoms with Crippen LogP contribution in [0.2, 0.25) is 19.1 Å². The molecule has 2 fully saturated rings. The van der Waals surface area contributed by atoms with Gasteiger partial charge in [0.15, 0.2) is 14.1 Å². The van der Waals surface area contributed by atoms with Crippen LogP contribution >= 0.6 is 0 Å². The minimum absolute atomic E-state index is 0.0749. The van der Waals surface area contributed by atoms with Gasteiger partial charge >= 0.3 is 0 Å². The summed E-state index contributed by atoms with van der Waals surface area (Å²) in [4.78, 5) is 0. The van der Waals surface area contributed by atoms with E-state index in [4.69, 9.17) is 13.9 Å². The van der Waals surface area contributed by atoms with Gasteiger partial charge in [0.2, 0.25) is 0 Å². The third kappa shape index (κ3) is 3.43. The molecule has 2 heterocycles. The van der Waals surface area contributed by atoms with Gasteiger partial charge in [0.25, 0.3) is 0 Å². The molecule has 3 nitrogen and oxygen atoms in total. The van der Waals surface area contributed by atoms with Crippen molar-refractivity contribution in [2.45, 2.75) is 97.1 Å². The van der Waals surface area contributed by atoms with Crippen LogP contribution < -0.4 is 0 Å². The largest absolute Gasteiger partial charge is 0.403 e. The topological polar surface area (TPSA) is 27.7 Å². The second-order valence-electron chi connectivity index (χ2n) is 9.80. The van der Waals surface area contributed by atoms with Crippen LogP contribution in [0.1, 0.15) is 54.9 Å². The summed E-state index contributed by atoms with van der Waals surface area (Å²) in [5, 5.41) is 0. The molecule has 2 aliphatic heterocycles. The molecule has 0 aromatic rings. The normalized spacial score (nSPS) is 40.2. The van der Waals surface area contributed by atoms with Gasteiger partial charge in [-0.25, -0.2) is 0 Å². The Morgan fingerprint density at radius 1 is 1.25 bits per heavy atom. The summed E-state index contributed by atoms with van der Waals surface area (Å²) in [6.45, 7) is 23.6. The highest BCUT2D eigenvalue weighted by molar-refractivity contribution is 6.72. The monoisotopic (exact) mass is 352 g/mol. The van der Waals surface area contributed by atoms with Crippen LogP contribution in [0.15, 0.2) is 24.3 Å². The first kappa shape index (κ1) is 19.9. The number of rotatable bonds is 2. The maximum Gasteiger partial charge on any atom is 0.192 e. The molecule has 2 rings (SSSR count). The zero-order valence-electron chi connectivity index (χ0n) is 17.1. The van der Waals surface area contributed by atoms with E-state index in [1.165, 1.54) is 5.57 Å². The highest BCUT2D eigenvalue weighted by Crippen LogP contribution is 2.56. The van der Waals surface area contributed by atoms with Crippen molar-refractivity contribution in [2.24, 2.45) is 5.41 Å². The first-order chi connectivity index (χ1) is 10.7. The lowest BCUT2D eigenvalue weighted by Crippen LogP contribution is -2.69. The molecule has 0 aromatic heterocycles. The minimum Gasteiger partial charge on any atom is -0.403 e. The second kappa shape index (κ2) is 5.80. The summed E-state index contributed by atoms with van der Waals surface area (Å²) in [7, 11) is -1.83. The maximum absolute atomic E-state index is 6.88. The summed E-state index contributed by atoms with van der Waals surface area (Å²) in [6.07, 6.45) is 4.99. The van der Waals surface area contributed by atoms with Crippen LogP contribution in [0.4, 0.5) is 0 Å². The van der Waals surface area contributed by atoms with Gasteiger partial charge in [-0.15, -0.1) is 6.58 Å². The molecule has 0 N–H and O–H groups in total. The Balaban J connectivity index is 2.67. The Hall–Kier alpha value is -0.423. The Labute approximate surface area is 149 Å². The van der Waals surface area contributed by atoms with E-state index in [1.807, 2.05) is 19.9 Å². The van der Waals surface area contributed by atoms with E-state index in [2.05, 4.69) is 60.4 Å². The molecule has 3 atom stereocenters. The summed E-state index contributed by atoms with van der Waals surface area (Å²) < 4.78 is 19.7. The lowest BCUT2D eigenvalue weighted by Gasteiger charge is -2.58. The van der Waals surface area contributed by atoms with Gasteiger partial charge in [-0.3, -0.25) is 0 Å². The summed E-state index contributed by atoms with van der Waals surface area (Å²) >= 11 is 0. The van der Waals surface area contributed by atoms with Gasteiger partial charge < -0.3 is 13.9 Å². The number of ether oxygens (including phenoxy) is 2. The average Bonchev–Trinajstić information content (AvgIpc) is 2.56. The van der Waals surface area contributed by atoms with Gasteiger partial charge in [0.1, 0.15) is 11.2 Å². The van der Waals surface area contributed by atoms with E-state index in [0.717, 1.165) is 12.5 Å². The van der Waals surface area contributed by atoms with Crippen molar-refractivity contribution >= 4 is 8.32 Å². The van der Waals surface area contributed by atoms with Gasteiger partial charge in [-0.05, 0) is 64.2 Å². The van der Waals surface area contributed by atoms with Gasteiger partial charge in [0.05, 0.1) is 6.10 Å². The van der Waals surface area contributed by atoms with Crippen molar-refractivity contribution in [3.63, 3.8) is 0 Å². The summed E-state index contributed by atoms with van der Waals surface area (Å²) in [5.41, 5.74) is 0.398. The lowest BCUT2D eigenvalue weighted by atomic mass is 9.70. The molecular formula is C20H36O3Si. The third-order valence-corrected chi connectivity index (χ3v) is 7.07. The molecule has 2 aliphatic rings. The van der Waals surface area contributed by atoms with Gasteiger partial charge in [0, 0.05) is 0 Å². The Morgan fingerprint density at radius 3 is 2.33 bits per heavy atom. The summed E-state index contributed by atoms with van der Waals surface area (Å²) in [5.74, 6) is -0.632. The quantitative estimate of drug-likeness (QED) is 0.489. The van der Waals surface area contributed by atoms with Crippen LogP contribution in [-0.2, 0) is 13.9 Å². The van der Waals surface area contributed by atoms with Crippen LogP contribution in [0.25, 0.3) is 0 Å². The molecule has 0 bridgehead atoms. The van der Waals surface area contributed by atoms with Crippen molar-refractivity contribution in [1.29, 1.82) is 0 Å². The van der Waals surface area contributed by atoms with Gasteiger partial charge in [-0.1, -0.05) is 32.9 Å². The zero-order chi connectivity index (χ0) is 18.6. The molecule has 0 aliphatic carbocycles. The van der Waals surface area contributed by atoms with Crippen LogP contribution in [0, 0.1) is 5.41 Å². The molecule has 138 valence electrons. The Kier molecular flexibility index (Phi) is 4.81. The van der Waals surface area contributed by atoms with Crippen molar-refractivity contribution in [2.75, 3.05) is 0 Å². The molecule has 0 radical (unpaired) electrons. The number of hydrogen-bond acceptors (Lipinski definition) is 3. The fourth-order valence-corrected chi connectivity index (χ4v) is 7.39. The molecule has 24 heavy (non-hydrogen) atoms. The van der Waals surface area contributed by atoms with Crippen molar-refractivity contribution < 1.29 is 13.9 Å². The minimum atomic E-state index is -1.83. The van der Waals surface area contributed by atoms with E-state index < -0.39 is 25.3 Å². The highest BCUT2D eigenvalue weighted by Gasteiger charge is 2.67. The highest BCUT2D eigenvalue weighted by atomic mass is 28.4. The number of hydrogen-bond donors (Lipinski definition) is 0. The van der Waals surface area contributed by atoms with E-state index in [9.17, 15) is 0 Å². The van der Waals surface area contributed by atoms with E-state index >= 15 is 0 Å². The second-order valence-corrected chi connectivity index (χ2v) is 13.9. The van der Waals surface area contributed by atoms with E-state index in [1.54, 1.807) is 0 Å². The van der Waals surface area contributed by atoms with Crippen LogP contribution in [-0.4, -0.2) is 31.4 Å². The van der Waals surface area contributed by atoms with Crippen LogP contribution in [0.3, 0.4) is 0 Å². The van der Waals surface area contributed by atoms with E-state index in [0.29, 0.717) is 0 Å². The molecule has 0 unspecified atom stereocenters. The number of allylic oxidation sites excluding steroid dienone is 1.